The molecule has 0 fully saturated rings. The summed E-state index contributed by atoms with van der Waals surface area (Å²) in [6.07, 6.45) is 0. The number of aromatic hydroxyl groups is 1. The van der Waals surface area contributed by atoms with Crippen LogP contribution in [0.4, 0.5) is 0 Å². The van der Waals surface area contributed by atoms with Crippen LogP contribution in [0, 0.1) is 0 Å². The fraction of sp³-hybridized carbons (Fsp3) is 0.375. The van der Waals surface area contributed by atoms with Gasteiger partial charge in [-0.3, -0.25) is 4.90 Å². The Bertz CT molecular complexity index is 557. The van der Waals surface area contributed by atoms with Gasteiger partial charge < -0.3 is 10.0 Å². The lowest BCUT2D eigenvalue weighted by atomic mass is 10.2. The zero-order chi connectivity index (χ0) is 15.2. The van der Waals surface area contributed by atoms with Gasteiger partial charge in [0.15, 0.2) is 0 Å². The van der Waals surface area contributed by atoms with Crippen LogP contribution in [0.25, 0.3) is 0 Å². The molecule has 0 aliphatic carbocycles. The van der Waals surface area contributed by atoms with E-state index < -0.39 is 0 Å². The Balaban J connectivity index is 2.08. The quantitative estimate of drug-likeness (QED) is 0.841. The molecule has 0 aliphatic rings. The molecular weight excluding hydrogens is 304 g/mol. The minimum Gasteiger partial charge on any atom is -0.508 e. The molecule has 0 unspecified atom stereocenters. The van der Waals surface area contributed by atoms with Crippen molar-refractivity contribution in [2.75, 3.05) is 27.2 Å². The SMILES string of the molecule is CN(C)CCN(Cc1cccs1)Cc1cc(Cl)ccc1O. The first kappa shape index (κ1) is 16.3. The van der Waals surface area contributed by atoms with E-state index in [9.17, 15) is 5.11 Å². The fourth-order valence-corrected chi connectivity index (χ4v) is 3.04. The van der Waals surface area contributed by atoms with Gasteiger partial charge in [-0.05, 0) is 43.7 Å². The van der Waals surface area contributed by atoms with E-state index in [1.54, 1.807) is 23.5 Å². The summed E-state index contributed by atoms with van der Waals surface area (Å²) in [5, 5.41) is 12.7. The second kappa shape index (κ2) is 7.80. The second-order valence-corrected chi connectivity index (χ2v) is 6.84. The maximum absolute atomic E-state index is 9.99. The van der Waals surface area contributed by atoms with Crippen LogP contribution >= 0.6 is 22.9 Å². The first-order chi connectivity index (χ1) is 10.0. The third-order valence-corrected chi connectivity index (χ3v) is 4.35. The van der Waals surface area contributed by atoms with Gasteiger partial charge in [0, 0.05) is 41.6 Å². The molecule has 1 N–H and O–H groups in total. The maximum Gasteiger partial charge on any atom is 0.120 e. The predicted octanol–water partition coefficient (Wildman–Crippen LogP) is 3.67. The van der Waals surface area contributed by atoms with Crippen LogP contribution in [-0.4, -0.2) is 42.1 Å². The van der Waals surface area contributed by atoms with Gasteiger partial charge in [0.2, 0.25) is 0 Å². The Morgan fingerprint density at radius 1 is 1.14 bits per heavy atom. The molecule has 0 bridgehead atoms. The molecule has 0 amide bonds. The average Bonchev–Trinajstić information content (AvgIpc) is 2.93. The Hall–Kier alpha value is -1.07. The van der Waals surface area contributed by atoms with Crippen LogP contribution in [0.5, 0.6) is 5.75 Å². The van der Waals surface area contributed by atoms with Crippen LogP contribution in [0.3, 0.4) is 0 Å². The maximum atomic E-state index is 9.99. The Morgan fingerprint density at radius 2 is 1.95 bits per heavy atom. The molecule has 1 heterocycles. The van der Waals surface area contributed by atoms with Crippen molar-refractivity contribution in [1.29, 1.82) is 0 Å². The third kappa shape index (κ3) is 5.32. The average molecular weight is 325 g/mol. The summed E-state index contributed by atoms with van der Waals surface area (Å²) in [5.74, 6) is 0.306. The Morgan fingerprint density at radius 3 is 2.62 bits per heavy atom. The molecule has 3 nitrogen and oxygen atoms in total. The van der Waals surface area contributed by atoms with Gasteiger partial charge in [0.25, 0.3) is 0 Å². The number of rotatable bonds is 7. The van der Waals surface area contributed by atoms with Gasteiger partial charge in [-0.1, -0.05) is 17.7 Å². The summed E-state index contributed by atoms with van der Waals surface area (Å²) < 4.78 is 0. The molecule has 5 heteroatoms. The van der Waals surface area contributed by atoms with E-state index in [0.29, 0.717) is 17.3 Å². The van der Waals surface area contributed by atoms with E-state index in [-0.39, 0.29) is 0 Å². The largest absolute Gasteiger partial charge is 0.508 e. The van der Waals surface area contributed by atoms with Crippen molar-refractivity contribution in [1.82, 2.24) is 9.80 Å². The van der Waals surface area contributed by atoms with Crippen LogP contribution in [0.2, 0.25) is 5.02 Å². The molecule has 114 valence electrons. The number of thiophene rings is 1. The summed E-state index contributed by atoms with van der Waals surface area (Å²) in [5.41, 5.74) is 0.873. The van der Waals surface area contributed by atoms with Gasteiger partial charge in [-0.25, -0.2) is 0 Å². The van der Waals surface area contributed by atoms with Crippen molar-refractivity contribution in [2.45, 2.75) is 13.1 Å². The Kier molecular flexibility index (Phi) is 6.06. The van der Waals surface area contributed by atoms with Crippen LogP contribution in [0.1, 0.15) is 10.4 Å². The minimum atomic E-state index is 0.306. The number of benzene rings is 1. The highest BCUT2D eigenvalue weighted by molar-refractivity contribution is 7.09. The summed E-state index contributed by atoms with van der Waals surface area (Å²) in [6, 6.07) is 9.43. The zero-order valence-corrected chi connectivity index (χ0v) is 14.0. The van der Waals surface area contributed by atoms with E-state index >= 15 is 0 Å². The molecule has 0 aliphatic heterocycles. The molecule has 0 radical (unpaired) electrons. The van der Waals surface area contributed by atoms with E-state index in [2.05, 4.69) is 41.4 Å². The molecular formula is C16H21ClN2OS. The molecule has 0 saturated carbocycles. The topological polar surface area (TPSA) is 26.7 Å². The molecule has 0 spiro atoms. The van der Waals surface area contributed by atoms with Crippen molar-refractivity contribution >= 4 is 22.9 Å². The summed E-state index contributed by atoms with van der Waals surface area (Å²) in [7, 11) is 4.14. The van der Waals surface area contributed by atoms with Gasteiger partial charge >= 0.3 is 0 Å². The number of hydrogen-bond donors (Lipinski definition) is 1. The number of halogens is 1. The summed E-state index contributed by atoms with van der Waals surface area (Å²) in [6.45, 7) is 3.50. The molecule has 2 rings (SSSR count). The highest BCUT2D eigenvalue weighted by Gasteiger charge is 2.11. The van der Waals surface area contributed by atoms with Gasteiger partial charge in [0.1, 0.15) is 5.75 Å². The number of likely N-dealkylation sites (N-methyl/N-ethyl adjacent to an activating group) is 1. The molecule has 21 heavy (non-hydrogen) atoms. The van der Waals surface area contributed by atoms with Crippen molar-refractivity contribution in [3.63, 3.8) is 0 Å². The van der Waals surface area contributed by atoms with Crippen molar-refractivity contribution in [2.24, 2.45) is 0 Å². The number of phenols is 1. The zero-order valence-electron chi connectivity index (χ0n) is 12.4. The lowest BCUT2D eigenvalue weighted by Gasteiger charge is -2.24. The van der Waals surface area contributed by atoms with E-state index in [1.807, 2.05) is 6.07 Å². The molecule has 2 aromatic rings. The second-order valence-electron chi connectivity index (χ2n) is 5.37. The number of hydrogen-bond acceptors (Lipinski definition) is 4. The summed E-state index contributed by atoms with van der Waals surface area (Å²) in [4.78, 5) is 5.83. The van der Waals surface area contributed by atoms with E-state index in [4.69, 9.17) is 11.6 Å². The van der Waals surface area contributed by atoms with Crippen LogP contribution in [-0.2, 0) is 13.1 Å². The van der Waals surface area contributed by atoms with Gasteiger partial charge in [-0.2, -0.15) is 0 Å². The minimum absolute atomic E-state index is 0.306. The third-order valence-electron chi connectivity index (χ3n) is 3.26. The summed E-state index contributed by atoms with van der Waals surface area (Å²) >= 11 is 7.79. The lowest BCUT2D eigenvalue weighted by Crippen LogP contribution is -2.30. The number of nitrogens with zero attached hydrogens (tertiary/aromatic N) is 2. The van der Waals surface area contributed by atoms with Crippen molar-refractivity contribution in [3.8, 4) is 5.75 Å². The number of phenolic OH excluding ortho intramolecular Hbond substituents is 1. The highest BCUT2D eigenvalue weighted by Crippen LogP contribution is 2.24. The fourth-order valence-electron chi connectivity index (χ4n) is 2.10. The Labute approximate surface area is 135 Å². The molecule has 0 atom stereocenters. The van der Waals surface area contributed by atoms with Crippen LogP contribution in [0.15, 0.2) is 35.7 Å². The first-order valence-corrected chi connectivity index (χ1v) is 8.17. The molecule has 1 aromatic heterocycles. The standard InChI is InChI=1S/C16H21ClN2OS/c1-18(2)7-8-19(12-15-4-3-9-21-15)11-13-10-14(17)5-6-16(13)20/h3-6,9-10,20H,7-8,11-12H2,1-2H3. The lowest BCUT2D eigenvalue weighted by molar-refractivity contribution is 0.225. The van der Waals surface area contributed by atoms with Gasteiger partial charge in [-0.15, -0.1) is 11.3 Å². The van der Waals surface area contributed by atoms with E-state index in [1.165, 1.54) is 4.88 Å². The normalized spacial score (nSPS) is 11.5. The van der Waals surface area contributed by atoms with Crippen molar-refractivity contribution in [3.05, 3.63) is 51.2 Å². The van der Waals surface area contributed by atoms with Crippen LogP contribution < -0.4 is 0 Å². The van der Waals surface area contributed by atoms with Crippen molar-refractivity contribution < 1.29 is 5.11 Å². The molecule has 1 aromatic carbocycles. The monoisotopic (exact) mass is 324 g/mol. The van der Waals surface area contributed by atoms with E-state index in [0.717, 1.165) is 25.2 Å². The predicted molar refractivity (Wildman–Crippen MR) is 90.1 cm³/mol. The first-order valence-electron chi connectivity index (χ1n) is 6.91. The van der Waals surface area contributed by atoms with Gasteiger partial charge in [0.05, 0.1) is 0 Å². The smallest absolute Gasteiger partial charge is 0.120 e. The highest BCUT2D eigenvalue weighted by atomic mass is 35.5. The molecule has 0 saturated heterocycles.